The van der Waals surface area contributed by atoms with Crippen LogP contribution in [0.15, 0.2) is 54.6 Å². The molecule has 160 valence electrons. The highest BCUT2D eigenvalue weighted by Crippen LogP contribution is 2.40. The average molecular weight is 423 g/mol. The van der Waals surface area contributed by atoms with Crippen LogP contribution in [0, 0.1) is 11.6 Å². The maximum absolute atomic E-state index is 14.5. The van der Waals surface area contributed by atoms with Crippen molar-refractivity contribution in [1.29, 1.82) is 0 Å². The molecule has 5 nitrogen and oxygen atoms in total. The Kier molecular flexibility index (Phi) is 5.86. The molecule has 0 radical (unpaired) electrons. The van der Waals surface area contributed by atoms with E-state index < -0.39 is 17.5 Å². The van der Waals surface area contributed by atoms with Crippen molar-refractivity contribution in [2.45, 2.75) is 6.92 Å². The highest BCUT2D eigenvalue weighted by molar-refractivity contribution is 5.90. The molecule has 31 heavy (non-hydrogen) atoms. The van der Waals surface area contributed by atoms with Crippen LogP contribution in [0.1, 0.15) is 6.92 Å². The van der Waals surface area contributed by atoms with Crippen molar-refractivity contribution >= 4 is 17.3 Å². The van der Waals surface area contributed by atoms with Crippen molar-refractivity contribution in [3.63, 3.8) is 0 Å². The van der Waals surface area contributed by atoms with Gasteiger partial charge in [0.15, 0.2) is 0 Å². The van der Waals surface area contributed by atoms with E-state index >= 15 is 0 Å². The van der Waals surface area contributed by atoms with Crippen LogP contribution in [0.5, 0.6) is 5.75 Å². The van der Waals surface area contributed by atoms with Crippen molar-refractivity contribution in [1.82, 2.24) is 5.32 Å². The Morgan fingerprint density at radius 2 is 1.68 bits per heavy atom. The predicted molar refractivity (Wildman–Crippen MR) is 118 cm³/mol. The Labute approximate surface area is 179 Å². The largest absolute Gasteiger partial charge is 0.507 e. The zero-order valence-corrected chi connectivity index (χ0v) is 17.1. The van der Waals surface area contributed by atoms with Gasteiger partial charge >= 0.3 is 0 Å². The highest BCUT2D eigenvalue weighted by Gasteiger charge is 2.17. The van der Waals surface area contributed by atoms with Crippen LogP contribution in [0.25, 0.3) is 22.3 Å². The molecule has 4 rings (SSSR count). The number of carbonyl (C=O) groups excluding carboxylic acids is 1. The first kappa shape index (κ1) is 20.8. The fourth-order valence-electron chi connectivity index (χ4n) is 3.81. The molecule has 3 aromatic rings. The molecule has 1 amide bonds. The van der Waals surface area contributed by atoms with Crippen molar-refractivity contribution in [2.24, 2.45) is 0 Å². The molecule has 1 fully saturated rings. The summed E-state index contributed by atoms with van der Waals surface area (Å²) in [4.78, 5) is 13.4. The van der Waals surface area contributed by atoms with Crippen molar-refractivity contribution in [3.05, 3.63) is 66.2 Å². The lowest BCUT2D eigenvalue weighted by Crippen LogP contribution is -2.43. The van der Waals surface area contributed by atoms with Crippen LogP contribution in [0.4, 0.5) is 20.2 Å². The van der Waals surface area contributed by atoms with E-state index in [2.05, 4.69) is 15.5 Å². The number of carbonyl (C=O) groups is 1. The molecule has 7 heteroatoms. The summed E-state index contributed by atoms with van der Waals surface area (Å²) in [5.74, 6) is -1.74. The van der Waals surface area contributed by atoms with E-state index in [1.54, 1.807) is 0 Å². The van der Waals surface area contributed by atoms with Gasteiger partial charge in [0.05, 0.1) is 5.69 Å². The first-order valence-corrected chi connectivity index (χ1v) is 10.1. The maximum Gasteiger partial charge on any atom is 0.221 e. The van der Waals surface area contributed by atoms with Gasteiger partial charge in [-0.15, -0.1) is 0 Å². The van der Waals surface area contributed by atoms with Gasteiger partial charge in [-0.3, -0.25) is 4.79 Å². The van der Waals surface area contributed by atoms with Gasteiger partial charge in [0.2, 0.25) is 5.91 Å². The van der Waals surface area contributed by atoms with Crippen molar-refractivity contribution in [2.75, 3.05) is 36.4 Å². The fourth-order valence-corrected chi connectivity index (χ4v) is 3.81. The number of phenolic OH excluding ortho intramolecular Hbond substituents is 1. The third kappa shape index (κ3) is 4.51. The van der Waals surface area contributed by atoms with E-state index in [1.165, 1.54) is 37.3 Å². The minimum Gasteiger partial charge on any atom is -0.507 e. The molecular formula is C24H23F2N3O2. The van der Waals surface area contributed by atoms with E-state index in [-0.39, 0.29) is 17.0 Å². The molecule has 0 aromatic heterocycles. The van der Waals surface area contributed by atoms with E-state index in [4.69, 9.17) is 0 Å². The molecule has 0 saturated carbocycles. The summed E-state index contributed by atoms with van der Waals surface area (Å²) in [5.41, 5.74) is 2.51. The van der Waals surface area contributed by atoms with Gasteiger partial charge < -0.3 is 20.6 Å². The smallest absolute Gasteiger partial charge is 0.221 e. The normalized spacial score (nSPS) is 13.8. The van der Waals surface area contributed by atoms with E-state index in [0.29, 0.717) is 16.7 Å². The lowest BCUT2D eigenvalue weighted by molar-refractivity contribution is -0.114. The summed E-state index contributed by atoms with van der Waals surface area (Å²) in [6.45, 7) is 4.79. The molecule has 1 aliphatic rings. The fraction of sp³-hybridized carbons (Fsp3) is 0.208. The molecule has 0 spiro atoms. The molecular weight excluding hydrogens is 400 g/mol. The molecule has 3 aromatic carbocycles. The van der Waals surface area contributed by atoms with Gasteiger partial charge in [-0.1, -0.05) is 18.2 Å². The molecule has 0 unspecified atom stereocenters. The Hall–Kier alpha value is -3.45. The summed E-state index contributed by atoms with van der Waals surface area (Å²) in [7, 11) is 0. The molecule has 1 heterocycles. The van der Waals surface area contributed by atoms with Crippen LogP contribution >= 0.6 is 0 Å². The van der Waals surface area contributed by atoms with Crippen LogP contribution in [-0.4, -0.2) is 37.2 Å². The third-order valence-electron chi connectivity index (χ3n) is 5.30. The first-order valence-electron chi connectivity index (χ1n) is 10.1. The summed E-state index contributed by atoms with van der Waals surface area (Å²) in [6, 6.07) is 14.1. The maximum atomic E-state index is 14.5. The monoisotopic (exact) mass is 423 g/mol. The Morgan fingerprint density at radius 3 is 2.32 bits per heavy atom. The standard InChI is InChI=1S/C24H23F2N3O2/c1-15(30)28-23-6-5-17(12-22(23)26)21-14-18(25)13-20(24(21)31)16-3-2-4-19(11-16)29-9-7-27-8-10-29/h2-6,11-14,27,31H,7-10H2,1H3,(H,28,30). The van der Waals surface area contributed by atoms with Gasteiger partial charge in [-0.05, 0) is 47.5 Å². The Bertz CT molecular complexity index is 1130. The number of rotatable bonds is 4. The quantitative estimate of drug-likeness (QED) is 0.583. The molecule has 0 aliphatic carbocycles. The zero-order valence-electron chi connectivity index (χ0n) is 17.1. The molecule has 1 saturated heterocycles. The lowest BCUT2D eigenvalue weighted by atomic mass is 9.96. The molecule has 1 aliphatic heterocycles. The number of halogens is 2. The summed E-state index contributed by atoms with van der Waals surface area (Å²) < 4.78 is 28.9. The average Bonchev–Trinajstić information content (AvgIpc) is 2.77. The Morgan fingerprint density at radius 1 is 1.00 bits per heavy atom. The minimum atomic E-state index is -0.668. The number of anilines is 2. The van der Waals surface area contributed by atoms with Crippen LogP contribution in [0.2, 0.25) is 0 Å². The topological polar surface area (TPSA) is 64.6 Å². The van der Waals surface area contributed by atoms with E-state index in [1.807, 2.05) is 24.3 Å². The number of hydrogen-bond donors (Lipinski definition) is 3. The molecule has 3 N–H and O–H groups in total. The number of nitrogens with one attached hydrogen (secondary N) is 2. The molecule has 0 atom stereocenters. The Balaban J connectivity index is 1.73. The van der Waals surface area contributed by atoms with Gasteiger partial charge in [-0.2, -0.15) is 0 Å². The van der Waals surface area contributed by atoms with E-state index in [0.717, 1.165) is 31.9 Å². The summed E-state index contributed by atoms with van der Waals surface area (Å²) >= 11 is 0. The van der Waals surface area contributed by atoms with Crippen molar-refractivity contribution < 1.29 is 18.7 Å². The number of amides is 1. The third-order valence-corrected chi connectivity index (χ3v) is 5.30. The first-order chi connectivity index (χ1) is 14.9. The number of piperazine rings is 1. The van der Waals surface area contributed by atoms with Crippen molar-refractivity contribution in [3.8, 4) is 28.0 Å². The van der Waals surface area contributed by atoms with Crippen LogP contribution in [0.3, 0.4) is 0 Å². The number of hydrogen-bond acceptors (Lipinski definition) is 4. The van der Waals surface area contributed by atoms with Gasteiger partial charge in [0.1, 0.15) is 17.4 Å². The zero-order chi connectivity index (χ0) is 22.0. The van der Waals surface area contributed by atoms with Crippen LogP contribution in [-0.2, 0) is 4.79 Å². The molecule has 0 bridgehead atoms. The second-order valence-electron chi connectivity index (χ2n) is 7.51. The highest BCUT2D eigenvalue weighted by atomic mass is 19.1. The summed E-state index contributed by atoms with van der Waals surface area (Å²) in [5, 5.41) is 16.6. The number of phenols is 1. The SMILES string of the molecule is CC(=O)Nc1ccc(-c2cc(F)cc(-c3cccc(N4CCNCC4)c3)c2O)cc1F. The van der Waals surface area contributed by atoms with Gasteiger partial charge in [0, 0.05) is 49.9 Å². The number of aromatic hydroxyl groups is 1. The number of benzene rings is 3. The number of nitrogens with zero attached hydrogens (tertiary/aromatic N) is 1. The van der Waals surface area contributed by atoms with E-state index in [9.17, 15) is 18.7 Å². The minimum absolute atomic E-state index is 0.0242. The lowest BCUT2D eigenvalue weighted by Gasteiger charge is -2.29. The second-order valence-corrected chi connectivity index (χ2v) is 7.51. The summed E-state index contributed by atoms with van der Waals surface area (Å²) in [6.07, 6.45) is 0. The van der Waals surface area contributed by atoms with Crippen LogP contribution < -0.4 is 15.5 Å². The predicted octanol–water partition coefficient (Wildman–Crippen LogP) is 4.37. The second kappa shape index (κ2) is 8.73. The van der Waals surface area contributed by atoms with Gasteiger partial charge in [-0.25, -0.2) is 8.78 Å². The van der Waals surface area contributed by atoms with Gasteiger partial charge in [0.25, 0.3) is 0 Å².